The van der Waals surface area contributed by atoms with Crippen molar-refractivity contribution in [3.8, 4) is 17.2 Å². The number of aliphatic hydroxyl groups is 3. The molecule has 738 valence electrons. The van der Waals surface area contributed by atoms with Crippen molar-refractivity contribution in [1.82, 2.24) is 14.2 Å². The molecule has 0 radical (unpaired) electrons. The van der Waals surface area contributed by atoms with E-state index in [1.54, 1.807) is 75.4 Å². The fraction of sp³-hybridized carbons (Fsp3) is 0.566. The number of carbonyl (C=O) groups excluding carboxylic acids is 3. The topological polar surface area (TPSA) is 280 Å². The number of amides is 3. The maximum Gasteiger partial charge on any atom is 0.411 e. The second-order valence-electron chi connectivity index (χ2n) is 41.8. The summed E-state index contributed by atoms with van der Waals surface area (Å²) in [4.78, 5) is 47.4. The van der Waals surface area contributed by atoms with E-state index < -0.39 is 99.5 Å². The monoisotopic (exact) mass is 1990 g/mol. The highest BCUT2D eigenvalue weighted by Gasteiger charge is 2.55. The third-order valence-corrected chi connectivity index (χ3v) is 40.5. The summed E-state index contributed by atoms with van der Waals surface area (Å²) in [6, 6.07) is 34.1. The van der Waals surface area contributed by atoms with Crippen molar-refractivity contribution in [2.45, 2.75) is 228 Å². The molecule has 6 aromatic carbocycles. The van der Waals surface area contributed by atoms with E-state index in [9.17, 15) is 63.9 Å². The van der Waals surface area contributed by atoms with Gasteiger partial charge in [0.25, 0.3) is 17.7 Å². The van der Waals surface area contributed by atoms with E-state index >= 15 is 0 Å². The van der Waals surface area contributed by atoms with Crippen molar-refractivity contribution in [2.75, 3.05) is 100 Å². The highest BCUT2D eigenvalue weighted by Crippen LogP contribution is 2.57. The van der Waals surface area contributed by atoms with Crippen LogP contribution in [0.5, 0.6) is 17.2 Å². The average Bonchev–Trinajstić information content (AvgIpc) is 1.48. The normalized spacial score (nSPS) is 34.2. The van der Waals surface area contributed by atoms with Gasteiger partial charge >= 0.3 is 6.18 Å². The molecule has 30 heteroatoms. The third-order valence-electron chi connectivity index (χ3n) is 33.8. The Hall–Kier alpha value is -7.83. The van der Waals surface area contributed by atoms with Crippen LogP contribution in [0.25, 0.3) is 0 Å². The van der Waals surface area contributed by atoms with Crippen molar-refractivity contribution >= 4 is 105 Å². The molecule has 12 aliphatic rings. The Morgan fingerprint density at radius 2 is 0.794 bits per heavy atom. The number of ether oxygens (including phenoxy) is 4. The van der Waals surface area contributed by atoms with Crippen LogP contribution in [0.3, 0.4) is 0 Å². The predicted molar refractivity (Wildman–Crippen MR) is 533 cm³/mol. The molecule has 3 spiro atoms. The van der Waals surface area contributed by atoms with Crippen LogP contribution in [0.4, 0.5) is 30.2 Å². The first kappa shape index (κ1) is 101. The van der Waals surface area contributed by atoms with E-state index in [1.165, 1.54) is 22.3 Å². The highest BCUT2D eigenvalue weighted by atomic mass is 35.5. The number of sulfonamides is 2. The van der Waals surface area contributed by atoms with Crippen LogP contribution in [-0.2, 0) is 70.0 Å². The first-order chi connectivity index (χ1) is 64.7. The third kappa shape index (κ3) is 20.4. The van der Waals surface area contributed by atoms with Crippen LogP contribution in [0.1, 0.15) is 229 Å². The van der Waals surface area contributed by atoms with Gasteiger partial charge in [0.1, 0.15) is 29.5 Å². The lowest BCUT2D eigenvalue weighted by Crippen LogP contribution is -2.55. The molecular formula is C106H134Cl3F3N6O15S3. The van der Waals surface area contributed by atoms with Crippen molar-refractivity contribution in [2.24, 2.45) is 64.1 Å². The number of hydrogen-bond donors (Lipinski definition) is 6. The van der Waals surface area contributed by atoms with Crippen LogP contribution in [0.2, 0.25) is 15.1 Å². The minimum Gasteiger partial charge on any atom is -0.490 e. The van der Waals surface area contributed by atoms with Crippen LogP contribution >= 0.6 is 34.8 Å². The summed E-state index contributed by atoms with van der Waals surface area (Å²) in [6.45, 7) is 18.3. The SMILES string of the molecule is C=S1(=O)NC(=O)c2ccc3c(c2)N(C[C@@H]2CC[C@H]2[C@@](CO)(OCC(F)(F)F)/C=C/C[C@H](C)[C@H]1C)C[C@@]1(CCCc2cc(Cl)ccc21)CO3.CC[C@@]1(CO)/C=C/C[C@H](C)[C@@H](C)S(=O)(=O)NC(=O)c2ccc3c(c2)N(C[C@@H]2CC[C@H]21)C[C@@]1(CCCc2cc(Cl)ccc21)CO3.CC[C@]1(CO)/C=C/C[C@H](C)[C@@H](C)S(=O)(=O)NC(=O)c2ccc3c(c2)N(C[C@@H]2CC[C@H]21)C[C@@]1(CCCc2cc(Cl)ccc21)CO3. The fourth-order valence-electron chi connectivity index (χ4n) is 24.4. The minimum atomic E-state index is -4.58. The quantitative estimate of drug-likeness (QED) is 0.0640. The number of benzene rings is 6. The lowest BCUT2D eigenvalue weighted by molar-refractivity contribution is -0.221. The minimum absolute atomic E-state index is 0.0569. The van der Waals surface area contributed by atoms with Gasteiger partial charge in [-0.1, -0.05) is 124 Å². The fourth-order valence-corrected chi connectivity index (χ4v) is 29.0. The molecule has 6 aliphatic carbocycles. The number of halogens is 6. The number of hydrogen-bond acceptors (Lipinski definition) is 18. The van der Waals surface area contributed by atoms with E-state index in [1.807, 2.05) is 57.2 Å². The summed E-state index contributed by atoms with van der Waals surface area (Å²) in [5.41, 5.74) is 7.37. The number of aliphatic hydroxyl groups excluding tert-OH is 3. The van der Waals surface area contributed by atoms with Gasteiger partial charge in [0.2, 0.25) is 20.0 Å². The molecule has 0 saturated heterocycles. The standard InChI is InChI=1S/C36H44ClF3N2O5S.2C35H45ClN2O5S/c1-23-6-4-15-35(20-43,47-22-36(38,39)40)30-11-8-27(30)18-42-19-34(14-5-7-25-16-28(37)10-12-29(25)34)21-46-32-13-9-26(17-31(32)42)33(44)41-48(3,45)24(23)2;2*1-4-34(21-39)15-5-7-23(2)24(3)44(41,42)37-33(40)26-10-14-32-31(18-26)38(19-27-9-12-30(27)34)20-35(22-43-32)16-6-8-25-17-28(36)11-13-29(25)35/h4,9-10,12-13,15-17,23-24,27,30,43H,3,5-8,11,14,18-22H2,1-2H3,(H,41,44,45);2*5,10-11,13-15,17-18,23-24,27,30,39H,4,6-9,12,16,19-22H2,1-3H3,(H,37,40)/b15-4+;2*15-5+/t23-,24+,27-,30+,34-,35+,48?;23-,24+,27-,30+,34+,35-;23-,24+,27-,30+,34-,35-/m000/s1. The average molecular weight is 1990 g/mol. The Morgan fingerprint density at radius 1 is 0.456 bits per heavy atom. The molecule has 136 heavy (non-hydrogen) atoms. The number of carbonyl (C=O) groups is 3. The summed E-state index contributed by atoms with van der Waals surface area (Å²) in [6.07, 6.45) is 24.3. The summed E-state index contributed by atoms with van der Waals surface area (Å²) >= 11 is 19.2. The Kier molecular flexibility index (Phi) is 30.0. The summed E-state index contributed by atoms with van der Waals surface area (Å²) in [5, 5.41) is 32.4. The van der Waals surface area contributed by atoms with Crippen LogP contribution in [-0.4, -0.2) is 173 Å². The van der Waals surface area contributed by atoms with E-state index in [0.717, 1.165) is 148 Å². The second-order valence-corrected chi connectivity index (χ2v) is 49.6. The molecule has 6 aliphatic heterocycles. The van der Waals surface area contributed by atoms with Gasteiger partial charge in [0.05, 0.1) is 76.9 Å². The van der Waals surface area contributed by atoms with Crippen LogP contribution in [0, 0.1) is 64.1 Å². The van der Waals surface area contributed by atoms with Crippen LogP contribution < -0.4 is 43.1 Å². The number of anilines is 3. The number of rotatable bonds is 7. The zero-order valence-corrected chi connectivity index (χ0v) is 84.1. The molecule has 1 unspecified atom stereocenters. The molecule has 3 amide bonds. The molecule has 6 aromatic rings. The molecule has 3 fully saturated rings. The van der Waals surface area contributed by atoms with E-state index in [0.29, 0.717) is 140 Å². The molecule has 21 nitrogen and oxygen atoms in total. The van der Waals surface area contributed by atoms with Crippen LogP contribution in [0.15, 0.2) is 146 Å². The largest absolute Gasteiger partial charge is 0.490 e. The Bertz CT molecular complexity index is 5690. The summed E-state index contributed by atoms with van der Waals surface area (Å²) < 4.78 is 140. The summed E-state index contributed by atoms with van der Waals surface area (Å²) in [5.74, 6) is 4.21. The van der Waals surface area contributed by atoms with Crippen molar-refractivity contribution in [3.05, 3.63) is 211 Å². The lowest BCUT2D eigenvalue weighted by Gasteiger charge is -2.50. The summed E-state index contributed by atoms with van der Waals surface area (Å²) in [7, 11) is -11.0. The Labute approximate surface area is 816 Å². The number of aryl methyl sites for hydroxylation is 3. The van der Waals surface area contributed by atoms with E-state index in [2.05, 4.69) is 103 Å². The predicted octanol–water partition coefficient (Wildman–Crippen LogP) is 19.0. The van der Waals surface area contributed by atoms with Gasteiger partial charge in [-0.2, -0.15) is 13.2 Å². The first-order valence-corrected chi connectivity index (χ1v) is 55.0. The van der Waals surface area contributed by atoms with Gasteiger partial charge in [-0.05, 0) is 333 Å². The van der Waals surface area contributed by atoms with Gasteiger partial charge in [0.15, 0.2) is 0 Å². The smallest absolute Gasteiger partial charge is 0.411 e. The Morgan fingerprint density at radius 3 is 1.12 bits per heavy atom. The van der Waals surface area contributed by atoms with E-state index in [-0.39, 0.29) is 58.5 Å². The number of nitrogens with one attached hydrogen (secondary N) is 3. The maximum absolute atomic E-state index is 13.8. The van der Waals surface area contributed by atoms with Gasteiger partial charge in [-0.15, -0.1) is 0 Å². The van der Waals surface area contributed by atoms with Gasteiger partial charge in [-0.25, -0.2) is 30.5 Å². The molecule has 6 bridgehead atoms. The van der Waals surface area contributed by atoms with Crippen molar-refractivity contribution < 1.29 is 82.9 Å². The number of alkyl halides is 3. The highest BCUT2D eigenvalue weighted by molar-refractivity contribution is 7.99. The molecule has 6 heterocycles. The van der Waals surface area contributed by atoms with E-state index in [4.69, 9.17) is 53.8 Å². The number of allylic oxidation sites excluding steroid dienone is 3. The molecule has 19 atom stereocenters. The maximum atomic E-state index is 13.8. The molecule has 6 N–H and O–H groups in total. The van der Waals surface area contributed by atoms with Crippen molar-refractivity contribution in [1.29, 1.82) is 0 Å². The molecule has 3 saturated carbocycles. The van der Waals surface area contributed by atoms with Gasteiger partial charge in [0, 0.05) is 103 Å². The Balaban J connectivity index is 0.000000148. The molecule has 0 aromatic heterocycles. The molecular weight excluding hydrogens is 1860 g/mol. The second kappa shape index (κ2) is 40.3. The number of fused-ring (bicyclic) bond motifs is 12. The molecule has 18 rings (SSSR count). The van der Waals surface area contributed by atoms with Crippen molar-refractivity contribution in [3.63, 3.8) is 0 Å². The lowest BCUT2D eigenvalue weighted by atomic mass is 9.58. The zero-order valence-electron chi connectivity index (χ0n) is 79.4. The number of nitrogens with zero attached hydrogens (tertiary/aromatic N) is 3. The van der Waals surface area contributed by atoms with Gasteiger partial charge < -0.3 is 49.0 Å². The zero-order chi connectivity index (χ0) is 97.0. The first-order valence-electron chi connectivity index (χ1n) is 49.0. The van der Waals surface area contributed by atoms with Gasteiger partial charge in [-0.3, -0.25) is 19.1 Å².